The first-order valence-electron chi connectivity index (χ1n) is 8.48. The largest absolute Gasteiger partial charge is 0.343 e. The number of hydrogen-bond acceptors (Lipinski definition) is 3. The van der Waals surface area contributed by atoms with Crippen molar-refractivity contribution in [2.75, 3.05) is 19.6 Å². The summed E-state index contributed by atoms with van der Waals surface area (Å²) in [5.41, 5.74) is 1.95. The fourth-order valence-electron chi connectivity index (χ4n) is 2.67. The molecule has 1 heterocycles. The number of nitrogens with one attached hydrogen (secondary N) is 1. The van der Waals surface area contributed by atoms with Crippen molar-refractivity contribution >= 4 is 22.0 Å². The number of sulfonamides is 1. The molecule has 1 fully saturated rings. The summed E-state index contributed by atoms with van der Waals surface area (Å²) in [5, 5.41) is 1.15. The minimum atomic E-state index is -3.52. The molecule has 5 nitrogen and oxygen atoms in total. The first kappa shape index (κ1) is 18.7. The standard InChI is InChI=1S/C18H26N2O3S/c1-16-6-8-17(9-7-16)11-15-24(22,23)19-12-10-18(21)20-13-4-2-3-5-14-20/h6-9,11,15,19H,2-5,10,12-14H2,1H3/b15-11+. The number of carbonyl (C=O) groups excluding carboxylic acids is 1. The van der Waals surface area contributed by atoms with E-state index in [1.54, 1.807) is 6.08 Å². The highest BCUT2D eigenvalue weighted by Crippen LogP contribution is 2.10. The van der Waals surface area contributed by atoms with E-state index in [1.807, 2.05) is 36.1 Å². The maximum absolute atomic E-state index is 12.1. The number of aryl methyl sites for hydroxylation is 1. The van der Waals surface area contributed by atoms with Crippen LogP contribution in [0.15, 0.2) is 29.7 Å². The topological polar surface area (TPSA) is 66.5 Å². The Hall–Kier alpha value is -1.66. The molecule has 6 heteroatoms. The molecule has 0 spiro atoms. The van der Waals surface area contributed by atoms with Gasteiger partial charge in [-0.05, 0) is 31.4 Å². The Morgan fingerprint density at radius 2 is 1.75 bits per heavy atom. The summed E-state index contributed by atoms with van der Waals surface area (Å²) in [6, 6.07) is 7.59. The van der Waals surface area contributed by atoms with Crippen molar-refractivity contribution in [1.82, 2.24) is 9.62 Å². The molecule has 1 aliphatic heterocycles. The first-order valence-corrected chi connectivity index (χ1v) is 10.0. The second-order valence-electron chi connectivity index (χ2n) is 6.20. The second kappa shape index (κ2) is 8.99. The van der Waals surface area contributed by atoms with Crippen LogP contribution in [-0.4, -0.2) is 38.9 Å². The van der Waals surface area contributed by atoms with E-state index in [0.29, 0.717) is 0 Å². The van der Waals surface area contributed by atoms with E-state index < -0.39 is 10.0 Å². The summed E-state index contributed by atoms with van der Waals surface area (Å²) in [4.78, 5) is 14.0. The minimum absolute atomic E-state index is 0.0297. The summed E-state index contributed by atoms with van der Waals surface area (Å²) >= 11 is 0. The molecule has 1 saturated heterocycles. The van der Waals surface area contributed by atoms with Crippen LogP contribution in [0, 0.1) is 6.92 Å². The van der Waals surface area contributed by atoms with Crippen LogP contribution in [0.2, 0.25) is 0 Å². The Labute approximate surface area is 144 Å². The summed E-state index contributed by atoms with van der Waals surface area (Å²) in [6.07, 6.45) is 6.17. The van der Waals surface area contributed by atoms with Gasteiger partial charge in [-0.1, -0.05) is 42.7 Å². The molecule has 132 valence electrons. The van der Waals surface area contributed by atoms with E-state index in [-0.39, 0.29) is 18.9 Å². The van der Waals surface area contributed by atoms with Gasteiger partial charge in [0.05, 0.1) is 0 Å². The average Bonchev–Trinajstić information content (AvgIpc) is 2.83. The van der Waals surface area contributed by atoms with Gasteiger partial charge in [-0.3, -0.25) is 4.79 Å². The third-order valence-corrected chi connectivity index (χ3v) is 5.22. The van der Waals surface area contributed by atoms with E-state index in [1.165, 1.54) is 12.8 Å². The van der Waals surface area contributed by atoms with Gasteiger partial charge < -0.3 is 4.90 Å². The molecule has 0 unspecified atom stereocenters. The Morgan fingerprint density at radius 1 is 1.12 bits per heavy atom. The number of hydrogen-bond donors (Lipinski definition) is 1. The Bertz CT molecular complexity index is 658. The maximum atomic E-state index is 12.1. The average molecular weight is 350 g/mol. The van der Waals surface area contributed by atoms with Gasteiger partial charge in [0.2, 0.25) is 15.9 Å². The lowest BCUT2D eigenvalue weighted by Crippen LogP contribution is -2.34. The van der Waals surface area contributed by atoms with E-state index in [4.69, 9.17) is 0 Å². The van der Waals surface area contributed by atoms with E-state index in [9.17, 15) is 13.2 Å². The molecule has 0 saturated carbocycles. The van der Waals surface area contributed by atoms with E-state index in [0.717, 1.165) is 42.5 Å². The van der Waals surface area contributed by atoms with Crippen LogP contribution in [0.5, 0.6) is 0 Å². The quantitative estimate of drug-likeness (QED) is 0.858. The van der Waals surface area contributed by atoms with Gasteiger partial charge in [-0.15, -0.1) is 0 Å². The molecule has 1 aliphatic rings. The van der Waals surface area contributed by atoms with Gasteiger partial charge in [-0.25, -0.2) is 13.1 Å². The van der Waals surface area contributed by atoms with Gasteiger partial charge in [0.25, 0.3) is 0 Å². The zero-order valence-electron chi connectivity index (χ0n) is 14.2. The monoisotopic (exact) mass is 350 g/mol. The molecule has 0 radical (unpaired) electrons. The predicted molar refractivity (Wildman–Crippen MR) is 96.8 cm³/mol. The maximum Gasteiger partial charge on any atom is 0.233 e. The van der Waals surface area contributed by atoms with Gasteiger partial charge >= 0.3 is 0 Å². The van der Waals surface area contributed by atoms with Crippen molar-refractivity contribution < 1.29 is 13.2 Å². The molecule has 0 aromatic heterocycles. The highest BCUT2D eigenvalue weighted by Gasteiger charge is 2.15. The normalized spacial score (nSPS) is 16.3. The fraction of sp³-hybridized carbons (Fsp3) is 0.500. The fourth-order valence-corrected chi connectivity index (χ4v) is 3.49. The number of likely N-dealkylation sites (tertiary alicyclic amines) is 1. The molecule has 0 atom stereocenters. The lowest BCUT2D eigenvalue weighted by atomic mass is 10.2. The van der Waals surface area contributed by atoms with Crippen LogP contribution < -0.4 is 4.72 Å². The molecule has 1 N–H and O–H groups in total. The predicted octanol–water partition coefficient (Wildman–Crippen LogP) is 2.68. The highest BCUT2D eigenvalue weighted by molar-refractivity contribution is 7.92. The molecule has 1 aromatic rings. The summed E-state index contributed by atoms with van der Waals surface area (Å²) in [5.74, 6) is 0.0297. The Kier molecular flexibility index (Phi) is 6.99. The van der Waals surface area contributed by atoms with Gasteiger partial charge in [0.15, 0.2) is 0 Å². The summed E-state index contributed by atoms with van der Waals surface area (Å²) in [7, 11) is -3.52. The smallest absolute Gasteiger partial charge is 0.233 e. The number of carbonyl (C=O) groups is 1. The molecule has 1 amide bonds. The van der Waals surface area contributed by atoms with E-state index in [2.05, 4.69) is 4.72 Å². The summed E-state index contributed by atoms with van der Waals surface area (Å²) in [6.45, 7) is 3.70. The van der Waals surface area contributed by atoms with Crippen LogP contribution in [0.1, 0.15) is 43.2 Å². The van der Waals surface area contributed by atoms with Crippen molar-refractivity contribution in [3.8, 4) is 0 Å². The van der Waals surface area contributed by atoms with Crippen LogP contribution >= 0.6 is 0 Å². The number of benzene rings is 1. The van der Waals surface area contributed by atoms with Crippen molar-refractivity contribution in [1.29, 1.82) is 0 Å². The van der Waals surface area contributed by atoms with Crippen molar-refractivity contribution in [3.05, 3.63) is 40.8 Å². The molecule has 1 aromatic carbocycles. The second-order valence-corrected chi connectivity index (χ2v) is 7.85. The van der Waals surface area contributed by atoms with Crippen LogP contribution in [-0.2, 0) is 14.8 Å². The van der Waals surface area contributed by atoms with E-state index >= 15 is 0 Å². The highest BCUT2D eigenvalue weighted by atomic mass is 32.2. The van der Waals surface area contributed by atoms with Gasteiger partial charge in [0.1, 0.15) is 0 Å². The van der Waals surface area contributed by atoms with Gasteiger partial charge in [0, 0.05) is 31.5 Å². The zero-order valence-corrected chi connectivity index (χ0v) is 15.0. The molecular weight excluding hydrogens is 324 g/mol. The first-order chi connectivity index (χ1) is 11.5. The van der Waals surface area contributed by atoms with Crippen LogP contribution in [0.25, 0.3) is 6.08 Å². The van der Waals surface area contributed by atoms with Crippen molar-refractivity contribution in [3.63, 3.8) is 0 Å². The number of amides is 1. The molecular formula is C18H26N2O3S. The third kappa shape index (κ3) is 6.45. The zero-order chi connectivity index (χ0) is 17.4. The Morgan fingerprint density at radius 3 is 2.38 bits per heavy atom. The molecule has 24 heavy (non-hydrogen) atoms. The molecule has 0 bridgehead atoms. The lowest BCUT2D eigenvalue weighted by Gasteiger charge is -2.20. The third-order valence-electron chi connectivity index (χ3n) is 4.12. The molecule has 0 aliphatic carbocycles. The molecule has 2 rings (SSSR count). The van der Waals surface area contributed by atoms with Crippen LogP contribution in [0.4, 0.5) is 0 Å². The van der Waals surface area contributed by atoms with Crippen molar-refractivity contribution in [2.24, 2.45) is 0 Å². The minimum Gasteiger partial charge on any atom is -0.343 e. The number of nitrogens with zero attached hydrogens (tertiary/aromatic N) is 1. The Balaban J connectivity index is 1.79. The van der Waals surface area contributed by atoms with Crippen LogP contribution in [0.3, 0.4) is 0 Å². The lowest BCUT2D eigenvalue weighted by molar-refractivity contribution is -0.130. The number of rotatable bonds is 6. The SMILES string of the molecule is Cc1ccc(/C=C/S(=O)(=O)NCCC(=O)N2CCCCCC2)cc1. The van der Waals surface area contributed by atoms with Gasteiger partial charge in [-0.2, -0.15) is 0 Å². The van der Waals surface area contributed by atoms with Crippen molar-refractivity contribution in [2.45, 2.75) is 39.0 Å². The summed E-state index contributed by atoms with van der Waals surface area (Å²) < 4.78 is 26.4.